The Bertz CT molecular complexity index is 370. The summed E-state index contributed by atoms with van der Waals surface area (Å²) in [5.41, 5.74) is 0. The van der Waals surface area contributed by atoms with Gasteiger partial charge in [0.1, 0.15) is 6.61 Å². The highest BCUT2D eigenvalue weighted by atomic mass is 32.2. The van der Waals surface area contributed by atoms with Gasteiger partial charge in [0.05, 0.1) is 18.1 Å². The smallest absolute Gasteiger partial charge is 0.372 e. The standard InChI is InChI=1S/C11H20F3NO3S/c1-2-15-5-10(6-18-8-11(12,13)14)9-3-4-19(16,17)7-9/h9-10,15H,2-8H2,1H3. The molecule has 0 amide bonds. The first-order chi connectivity index (χ1) is 8.73. The van der Waals surface area contributed by atoms with Crippen molar-refractivity contribution >= 4 is 9.84 Å². The SMILES string of the molecule is CCNCC(COCC(F)(F)F)C1CCS(=O)(=O)C1. The van der Waals surface area contributed by atoms with Gasteiger partial charge in [-0.3, -0.25) is 0 Å². The maximum Gasteiger partial charge on any atom is 0.411 e. The topological polar surface area (TPSA) is 55.4 Å². The lowest BCUT2D eigenvalue weighted by molar-refractivity contribution is -0.177. The van der Waals surface area contributed by atoms with Crippen LogP contribution in [0.3, 0.4) is 0 Å². The van der Waals surface area contributed by atoms with E-state index in [0.717, 1.165) is 0 Å². The molecular formula is C11H20F3NO3S. The summed E-state index contributed by atoms with van der Waals surface area (Å²) in [6.45, 7) is 1.71. The first-order valence-corrected chi connectivity index (χ1v) is 8.11. The molecule has 1 heterocycles. The van der Waals surface area contributed by atoms with Gasteiger partial charge < -0.3 is 10.1 Å². The minimum Gasteiger partial charge on any atom is -0.372 e. The van der Waals surface area contributed by atoms with E-state index in [1.165, 1.54) is 0 Å². The van der Waals surface area contributed by atoms with Crippen LogP contribution in [-0.2, 0) is 14.6 Å². The van der Waals surface area contributed by atoms with Crippen LogP contribution < -0.4 is 5.32 Å². The largest absolute Gasteiger partial charge is 0.411 e. The Morgan fingerprint density at radius 1 is 1.42 bits per heavy atom. The summed E-state index contributed by atoms with van der Waals surface area (Å²) in [6, 6.07) is 0. The molecule has 0 aliphatic carbocycles. The van der Waals surface area contributed by atoms with Crippen molar-refractivity contribution in [1.29, 1.82) is 0 Å². The zero-order chi connectivity index (χ0) is 14.5. The van der Waals surface area contributed by atoms with Gasteiger partial charge in [-0.1, -0.05) is 6.92 Å². The molecule has 1 rings (SSSR count). The van der Waals surface area contributed by atoms with E-state index in [-0.39, 0.29) is 29.9 Å². The van der Waals surface area contributed by atoms with E-state index >= 15 is 0 Å². The normalized spacial score (nSPS) is 24.5. The molecule has 4 nitrogen and oxygen atoms in total. The molecule has 0 saturated carbocycles. The van der Waals surface area contributed by atoms with Crippen molar-refractivity contribution in [1.82, 2.24) is 5.32 Å². The fraction of sp³-hybridized carbons (Fsp3) is 1.00. The maximum atomic E-state index is 12.0. The molecule has 0 aromatic carbocycles. The second kappa shape index (κ2) is 6.90. The number of alkyl halides is 3. The molecule has 1 saturated heterocycles. The molecule has 114 valence electrons. The van der Waals surface area contributed by atoms with E-state index in [0.29, 0.717) is 19.5 Å². The Morgan fingerprint density at radius 2 is 2.11 bits per heavy atom. The van der Waals surface area contributed by atoms with Gasteiger partial charge >= 0.3 is 6.18 Å². The summed E-state index contributed by atoms with van der Waals surface area (Å²) in [5.74, 6) is -0.130. The van der Waals surface area contributed by atoms with Crippen molar-refractivity contribution in [2.45, 2.75) is 19.5 Å². The van der Waals surface area contributed by atoms with E-state index in [9.17, 15) is 21.6 Å². The molecule has 2 unspecified atom stereocenters. The van der Waals surface area contributed by atoms with Crippen LogP contribution in [0.25, 0.3) is 0 Å². The van der Waals surface area contributed by atoms with E-state index in [1.807, 2.05) is 6.92 Å². The number of hydrogen-bond donors (Lipinski definition) is 1. The van der Waals surface area contributed by atoms with Gasteiger partial charge in [-0.05, 0) is 24.8 Å². The van der Waals surface area contributed by atoms with Crippen LogP contribution >= 0.6 is 0 Å². The van der Waals surface area contributed by atoms with Gasteiger partial charge in [0.15, 0.2) is 9.84 Å². The second-order valence-electron chi connectivity index (χ2n) is 4.86. The van der Waals surface area contributed by atoms with E-state index in [1.54, 1.807) is 0 Å². The van der Waals surface area contributed by atoms with E-state index < -0.39 is 22.6 Å². The van der Waals surface area contributed by atoms with Crippen LogP contribution in [0.15, 0.2) is 0 Å². The average Bonchev–Trinajstić information content (AvgIpc) is 2.62. The predicted octanol–water partition coefficient (Wildman–Crippen LogP) is 1.23. The molecule has 0 radical (unpaired) electrons. The summed E-state index contributed by atoms with van der Waals surface area (Å²) >= 11 is 0. The zero-order valence-corrected chi connectivity index (χ0v) is 11.7. The minimum absolute atomic E-state index is 0.0540. The van der Waals surface area contributed by atoms with E-state index in [2.05, 4.69) is 10.1 Å². The lowest BCUT2D eigenvalue weighted by atomic mass is 9.92. The molecule has 1 fully saturated rings. The Morgan fingerprint density at radius 3 is 2.58 bits per heavy atom. The molecule has 8 heteroatoms. The summed E-state index contributed by atoms with van der Waals surface area (Å²) in [4.78, 5) is 0. The average molecular weight is 303 g/mol. The van der Waals surface area contributed by atoms with Crippen molar-refractivity contribution in [2.24, 2.45) is 11.8 Å². The first-order valence-electron chi connectivity index (χ1n) is 6.29. The summed E-state index contributed by atoms with van der Waals surface area (Å²) in [5, 5.41) is 3.04. The van der Waals surface area contributed by atoms with Gasteiger partial charge in [-0.25, -0.2) is 8.42 Å². The molecule has 1 aliphatic heterocycles. The van der Waals surface area contributed by atoms with Gasteiger partial charge in [0.2, 0.25) is 0 Å². The van der Waals surface area contributed by atoms with Crippen LogP contribution in [0, 0.1) is 11.8 Å². The number of halogens is 3. The predicted molar refractivity (Wildman–Crippen MR) is 65.7 cm³/mol. The third-order valence-corrected chi connectivity index (χ3v) is 4.98. The van der Waals surface area contributed by atoms with Crippen molar-refractivity contribution in [3.05, 3.63) is 0 Å². The zero-order valence-electron chi connectivity index (χ0n) is 10.9. The molecule has 0 aromatic rings. The lowest BCUT2D eigenvalue weighted by Crippen LogP contribution is -2.33. The molecule has 0 bridgehead atoms. The lowest BCUT2D eigenvalue weighted by Gasteiger charge is -2.23. The molecule has 0 aromatic heterocycles. The highest BCUT2D eigenvalue weighted by Crippen LogP contribution is 2.26. The molecule has 1 N–H and O–H groups in total. The van der Waals surface area contributed by atoms with Gasteiger partial charge in [0.25, 0.3) is 0 Å². The quantitative estimate of drug-likeness (QED) is 0.768. The van der Waals surface area contributed by atoms with Crippen LogP contribution in [0.2, 0.25) is 0 Å². The van der Waals surface area contributed by atoms with Crippen molar-refractivity contribution in [2.75, 3.05) is 37.8 Å². The summed E-state index contributed by atoms with van der Waals surface area (Å²) < 4.78 is 63.6. The third-order valence-electron chi connectivity index (χ3n) is 3.19. The number of hydrogen-bond acceptors (Lipinski definition) is 4. The Balaban J connectivity index is 2.48. The maximum absolute atomic E-state index is 12.0. The number of rotatable bonds is 7. The van der Waals surface area contributed by atoms with Gasteiger partial charge in [0, 0.05) is 6.54 Å². The highest BCUT2D eigenvalue weighted by Gasteiger charge is 2.34. The number of ether oxygens (including phenoxy) is 1. The second-order valence-corrected chi connectivity index (χ2v) is 7.09. The molecule has 19 heavy (non-hydrogen) atoms. The molecule has 2 atom stereocenters. The molecular weight excluding hydrogens is 283 g/mol. The third kappa shape index (κ3) is 6.58. The Kier molecular flexibility index (Phi) is 6.07. The summed E-state index contributed by atoms with van der Waals surface area (Å²) in [6.07, 6.45) is -3.84. The number of nitrogens with one attached hydrogen (secondary N) is 1. The van der Waals surface area contributed by atoms with Crippen molar-refractivity contribution in [3.63, 3.8) is 0 Å². The first kappa shape index (κ1) is 16.7. The highest BCUT2D eigenvalue weighted by molar-refractivity contribution is 7.91. The summed E-state index contributed by atoms with van der Waals surface area (Å²) in [7, 11) is -3.02. The fourth-order valence-electron chi connectivity index (χ4n) is 2.21. The van der Waals surface area contributed by atoms with Crippen LogP contribution in [-0.4, -0.2) is 52.4 Å². The number of sulfone groups is 1. The monoisotopic (exact) mass is 303 g/mol. The van der Waals surface area contributed by atoms with Crippen LogP contribution in [0.5, 0.6) is 0 Å². The van der Waals surface area contributed by atoms with Gasteiger partial charge in [-0.2, -0.15) is 13.2 Å². The Hall–Kier alpha value is -0.340. The molecule has 0 spiro atoms. The minimum atomic E-state index is -4.34. The van der Waals surface area contributed by atoms with Crippen molar-refractivity contribution in [3.8, 4) is 0 Å². The Labute approximate surface area is 111 Å². The van der Waals surface area contributed by atoms with Crippen molar-refractivity contribution < 1.29 is 26.3 Å². The van der Waals surface area contributed by atoms with Gasteiger partial charge in [-0.15, -0.1) is 0 Å². The van der Waals surface area contributed by atoms with E-state index in [4.69, 9.17) is 0 Å². The van der Waals surface area contributed by atoms with Crippen LogP contribution in [0.1, 0.15) is 13.3 Å². The fourth-order valence-corrected chi connectivity index (χ4v) is 4.13. The molecule has 1 aliphatic rings. The van der Waals surface area contributed by atoms with Crippen LogP contribution in [0.4, 0.5) is 13.2 Å².